The first kappa shape index (κ1) is 21.8. The smallest absolute Gasteiger partial charge is 0.271 e. The highest BCUT2D eigenvalue weighted by molar-refractivity contribution is 6.07. The van der Waals surface area contributed by atoms with Gasteiger partial charge in [-0.15, -0.1) is 0 Å². The molecule has 0 aliphatic rings. The van der Waals surface area contributed by atoms with Crippen molar-refractivity contribution in [3.63, 3.8) is 0 Å². The van der Waals surface area contributed by atoms with Gasteiger partial charge in [-0.3, -0.25) is 25.2 Å². The number of nitrogens with one attached hydrogen (secondary N) is 3. The number of nitrogens with zero attached hydrogens (tertiary/aromatic N) is 1. The maximum absolute atomic E-state index is 12.7. The molecule has 7 heteroatoms. The Morgan fingerprint density at radius 1 is 0.788 bits per heavy atom. The molecule has 4 aromatic rings. The minimum Gasteiger partial charge on any atom is -0.350 e. The summed E-state index contributed by atoms with van der Waals surface area (Å²) in [6, 6.07) is 25.0. The van der Waals surface area contributed by atoms with Crippen LogP contribution in [0.3, 0.4) is 0 Å². The average molecular weight is 441 g/mol. The fourth-order valence-electron chi connectivity index (χ4n) is 3.72. The van der Waals surface area contributed by atoms with E-state index in [-0.39, 0.29) is 12.3 Å². The van der Waals surface area contributed by atoms with Crippen molar-refractivity contribution in [2.45, 2.75) is 12.5 Å². The Labute approximate surface area is 191 Å². The lowest BCUT2D eigenvalue weighted by Gasteiger charge is -2.19. The Morgan fingerprint density at radius 3 is 2.15 bits per heavy atom. The minimum atomic E-state index is -0.562. The maximum Gasteiger partial charge on any atom is 0.271 e. The van der Waals surface area contributed by atoms with Crippen LogP contribution in [0.15, 0.2) is 91.1 Å². The molecule has 1 unspecified atom stereocenters. The van der Waals surface area contributed by atoms with Crippen LogP contribution in [0.1, 0.15) is 38.7 Å². The van der Waals surface area contributed by atoms with Gasteiger partial charge in [0, 0.05) is 29.7 Å². The predicted octanol–water partition coefficient (Wildman–Crippen LogP) is 3.50. The SMILES string of the molecule is Cn1cc(C(=O)NNC(=O)CC(NC(=O)c2ccccc2)c2ccccc2)c2ccccc21. The summed E-state index contributed by atoms with van der Waals surface area (Å²) < 4.78 is 1.86. The summed E-state index contributed by atoms with van der Waals surface area (Å²) in [5.41, 5.74) is 7.62. The second-order valence-corrected chi connectivity index (χ2v) is 7.68. The number of aromatic nitrogens is 1. The fourth-order valence-corrected chi connectivity index (χ4v) is 3.72. The Hall–Kier alpha value is -4.39. The topological polar surface area (TPSA) is 92.2 Å². The van der Waals surface area contributed by atoms with Gasteiger partial charge in [-0.1, -0.05) is 66.7 Å². The number of rotatable bonds is 6. The van der Waals surface area contributed by atoms with Crippen LogP contribution in [0.25, 0.3) is 10.9 Å². The quantitative estimate of drug-likeness (QED) is 0.401. The van der Waals surface area contributed by atoms with Gasteiger partial charge < -0.3 is 9.88 Å². The van der Waals surface area contributed by atoms with Gasteiger partial charge in [0.2, 0.25) is 5.91 Å². The summed E-state index contributed by atoms with van der Waals surface area (Å²) in [6.45, 7) is 0. The molecule has 0 aliphatic heterocycles. The first-order valence-corrected chi connectivity index (χ1v) is 10.6. The molecule has 33 heavy (non-hydrogen) atoms. The molecule has 0 aliphatic carbocycles. The first-order chi connectivity index (χ1) is 16.0. The van der Waals surface area contributed by atoms with Crippen LogP contribution in [0, 0.1) is 0 Å². The molecule has 0 fully saturated rings. The average Bonchev–Trinajstić information content (AvgIpc) is 3.20. The standard InChI is InChI=1S/C26H24N4O3/c1-30-17-21(20-14-8-9-15-23(20)30)26(33)29-28-24(31)16-22(18-10-4-2-5-11-18)27-25(32)19-12-6-3-7-13-19/h2-15,17,22H,16H2,1H3,(H,27,32)(H,28,31)(H,29,33). The van der Waals surface area contributed by atoms with E-state index in [1.54, 1.807) is 30.5 Å². The molecule has 0 saturated heterocycles. The molecule has 3 amide bonds. The Balaban J connectivity index is 1.43. The van der Waals surface area contributed by atoms with Crippen molar-refractivity contribution >= 4 is 28.6 Å². The number of hydrazine groups is 1. The maximum atomic E-state index is 12.7. The number of carbonyl (C=O) groups is 3. The molecule has 3 aromatic carbocycles. The fraction of sp³-hybridized carbons (Fsp3) is 0.115. The number of hydrogen-bond acceptors (Lipinski definition) is 3. The zero-order valence-corrected chi connectivity index (χ0v) is 18.1. The van der Waals surface area contributed by atoms with E-state index in [4.69, 9.17) is 0 Å². The van der Waals surface area contributed by atoms with E-state index < -0.39 is 17.9 Å². The van der Waals surface area contributed by atoms with Crippen molar-refractivity contribution in [3.8, 4) is 0 Å². The lowest BCUT2D eigenvalue weighted by Crippen LogP contribution is -2.43. The summed E-state index contributed by atoms with van der Waals surface area (Å²) in [5.74, 6) is -1.12. The van der Waals surface area contributed by atoms with Crippen LogP contribution < -0.4 is 16.2 Å². The van der Waals surface area contributed by atoms with Crippen molar-refractivity contribution in [2.24, 2.45) is 7.05 Å². The molecular weight excluding hydrogens is 416 g/mol. The van der Waals surface area contributed by atoms with Crippen LogP contribution in [0.4, 0.5) is 0 Å². The molecule has 1 atom stereocenters. The third-order valence-electron chi connectivity index (χ3n) is 5.39. The lowest BCUT2D eigenvalue weighted by molar-refractivity contribution is -0.122. The number of benzene rings is 3. The van der Waals surface area contributed by atoms with Gasteiger partial charge in [0.15, 0.2) is 0 Å². The van der Waals surface area contributed by atoms with Crippen molar-refractivity contribution in [1.82, 2.24) is 20.7 Å². The van der Waals surface area contributed by atoms with Crippen molar-refractivity contribution < 1.29 is 14.4 Å². The number of fused-ring (bicyclic) bond motifs is 1. The number of carbonyl (C=O) groups excluding carboxylic acids is 3. The minimum absolute atomic E-state index is 0.0432. The van der Waals surface area contributed by atoms with Crippen molar-refractivity contribution in [1.29, 1.82) is 0 Å². The summed E-state index contributed by atoms with van der Waals surface area (Å²) in [6.07, 6.45) is 1.68. The van der Waals surface area contributed by atoms with Crippen LogP contribution >= 0.6 is 0 Å². The van der Waals surface area contributed by atoms with Crippen LogP contribution in [0.2, 0.25) is 0 Å². The van der Waals surface area contributed by atoms with Crippen molar-refractivity contribution in [2.75, 3.05) is 0 Å². The third-order valence-corrected chi connectivity index (χ3v) is 5.39. The predicted molar refractivity (Wildman–Crippen MR) is 126 cm³/mol. The molecule has 4 rings (SSSR count). The Kier molecular flexibility index (Phi) is 6.50. The van der Waals surface area contributed by atoms with Gasteiger partial charge in [-0.05, 0) is 23.8 Å². The molecule has 0 radical (unpaired) electrons. The summed E-state index contributed by atoms with van der Waals surface area (Å²) >= 11 is 0. The van der Waals surface area contributed by atoms with E-state index in [1.165, 1.54) is 0 Å². The van der Waals surface area contributed by atoms with Crippen molar-refractivity contribution in [3.05, 3.63) is 108 Å². The second kappa shape index (κ2) is 9.82. The number of amides is 3. The van der Waals surface area contributed by atoms with Crippen LogP contribution in [0.5, 0.6) is 0 Å². The van der Waals surface area contributed by atoms with E-state index in [9.17, 15) is 14.4 Å². The highest BCUT2D eigenvalue weighted by atomic mass is 16.2. The normalized spacial score (nSPS) is 11.5. The molecule has 1 aromatic heterocycles. The molecule has 0 spiro atoms. The monoisotopic (exact) mass is 440 g/mol. The summed E-state index contributed by atoms with van der Waals surface area (Å²) in [4.78, 5) is 38.0. The number of para-hydroxylation sites is 1. The molecule has 166 valence electrons. The van der Waals surface area contributed by atoms with Crippen LogP contribution in [-0.2, 0) is 11.8 Å². The lowest BCUT2D eigenvalue weighted by atomic mass is 10.0. The highest BCUT2D eigenvalue weighted by Crippen LogP contribution is 2.20. The molecule has 7 nitrogen and oxygen atoms in total. The zero-order valence-electron chi connectivity index (χ0n) is 18.1. The second-order valence-electron chi connectivity index (χ2n) is 7.68. The van der Waals surface area contributed by atoms with E-state index in [2.05, 4.69) is 16.2 Å². The van der Waals surface area contributed by atoms with Gasteiger partial charge >= 0.3 is 0 Å². The van der Waals surface area contributed by atoms with Gasteiger partial charge in [0.1, 0.15) is 0 Å². The van der Waals surface area contributed by atoms with E-state index in [0.29, 0.717) is 11.1 Å². The van der Waals surface area contributed by atoms with Crippen LogP contribution in [-0.4, -0.2) is 22.3 Å². The zero-order chi connectivity index (χ0) is 23.2. The van der Waals surface area contributed by atoms with E-state index in [0.717, 1.165) is 16.5 Å². The van der Waals surface area contributed by atoms with E-state index >= 15 is 0 Å². The molecular formula is C26H24N4O3. The first-order valence-electron chi connectivity index (χ1n) is 10.6. The number of aryl methyl sites for hydroxylation is 1. The number of hydrogen-bond donors (Lipinski definition) is 3. The molecule has 0 saturated carbocycles. The Bertz CT molecular complexity index is 1280. The van der Waals surface area contributed by atoms with Gasteiger partial charge in [0.05, 0.1) is 18.0 Å². The third kappa shape index (κ3) is 5.10. The Morgan fingerprint density at radius 2 is 1.42 bits per heavy atom. The van der Waals surface area contributed by atoms with Gasteiger partial charge in [-0.25, -0.2) is 0 Å². The molecule has 3 N–H and O–H groups in total. The summed E-state index contributed by atoms with van der Waals surface area (Å²) in [7, 11) is 1.86. The summed E-state index contributed by atoms with van der Waals surface area (Å²) in [5, 5.41) is 3.71. The molecule has 0 bridgehead atoms. The van der Waals surface area contributed by atoms with Gasteiger partial charge in [0.25, 0.3) is 11.8 Å². The molecule has 1 heterocycles. The highest BCUT2D eigenvalue weighted by Gasteiger charge is 2.20. The van der Waals surface area contributed by atoms with E-state index in [1.807, 2.05) is 72.3 Å². The largest absolute Gasteiger partial charge is 0.350 e. The van der Waals surface area contributed by atoms with Gasteiger partial charge in [-0.2, -0.15) is 0 Å².